The average Bonchev–Trinajstić information content (AvgIpc) is 2.46. The normalized spacial score (nSPS) is 13.2. The Labute approximate surface area is 133 Å². The van der Waals surface area contributed by atoms with Crippen LogP contribution in [0.4, 0.5) is 0 Å². The lowest BCUT2D eigenvalue weighted by Crippen LogP contribution is -2.03. The molecule has 3 heteroatoms. The van der Waals surface area contributed by atoms with E-state index < -0.39 is 0 Å². The number of allylic oxidation sites excluding steroid dienone is 10. The van der Waals surface area contributed by atoms with Crippen molar-refractivity contribution in [2.45, 2.75) is 20.8 Å². The van der Waals surface area contributed by atoms with Crippen LogP contribution in [0.25, 0.3) is 0 Å². The Morgan fingerprint density at radius 2 is 1.73 bits per heavy atom. The number of nitrogens with zero attached hydrogens (tertiary/aromatic N) is 1. The van der Waals surface area contributed by atoms with Gasteiger partial charge in [0.25, 0.3) is 0 Å². The van der Waals surface area contributed by atoms with Crippen molar-refractivity contribution in [1.82, 2.24) is 0 Å². The SMILES string of the molecule is C=CC(=C)/C=C/C=C(C)/C=C/C=C(C)/C=N/CCOC(C)=O. The van der Waals surface area contributed by atoms with E-state index >= 15 is 0 Å². The minimum Gasteiger partial charge on any atom is -0.464 e. The molecule has 0 N–H and O–H groups in total. The summed E-state index contributed by atoms with van der Waals surface area (Å²) >= 11 is 0. The third-order valence-corrected chi connectivity index (χ3v) is 2.47. The summed E-state index contributed by atoms with van der Waals surface area (Å²) in [6.07, 6.45) is 15.3. The van der Waals surface area contributed by atoms with Crippen molar-refractivity contribution in [2.24, 2.45) is 4.99 Å². The van der Waals surface area contributed by atoms with Gasteiger partial charge < -0.3 is 4.74 Å². The third-order valence-electron chi connectivity index (χ3n) is 2.47. The zero-order chi connectivity index (χ0) is 16.8. The van der Waals surface area contributed by atoms with Crippen LogP contribution in [0.3, 0.4) is 0 Å². The highest BCUT2D eigenvalue weighted by molar-refractivity contribution is 5.78. The van der Waals surface area contributed by atoms with E-state index in [-0.39, 0.29) is 5.97 Å². The lowest BCUT2D eigenvalue weighted by atomic mass is 10.2. The van der Waals surface area contributed by atoms with E-state index in [9.17, 15) is 4.79 Å². The second-order valence-corrected chi connectivity index (χ2v) is 4.69. The molecule has 0 spiro atoms. The van der Waals surface area contributed by atoms with Crippen molar-refractivity contribution >= 4 is 12.2 Å². The fraction of sp³-hybridized carbons (Fsp3) is 0.263. The van der Waals surface area contributed by atoms with Crippen molar-refractivity contribution in [3.05, 3.63) is 72.4 Å². The molecule has 0 saturated heterocycles. The molecule has 22 heavy (non-hydrogen) atoms. The van der Waals surface area contributed by atoms with Crippen molar-refractivity contribution in [3.8, 4) is 0 Å². The Hall–Kier alpha value is -2.42. The first kappa shape index (κ1) is 19.6. The molecule has 0 bridgehead atoms. The van der Waals surface area contributed by atoms with Crippen LogP contribution in [-0.4, -0.2) is 25.3 Å². The molecular weight excluding hydrogens is 274 g/mol. The second-order valence-electron chi connectivity index (χ2n) is 4.69. The van der Waals surface area contributed by atoms with Gasteiger partial charge in [-0.15, -0.1) is 0 Å². The number of ether oxygens (including phenoxy) is 1. The van der Waals surface area contributed by atoms with Gasteiger partial charge in [0, 0.05) is 13.1 Å². The molecule has 0 aliphatic carbocycles. The van der Waals surface area contributed by atoms with Gasteiger partial charge in [0.1, 0.15) is 6.61 Å². The van der Waals surface area contributed by atoms with E-state index in [1.807, 2.05) is 50.3 Å². The molecule has 3 nitrogen and oxygen atoms in total. The molecule has 0 aromatic heterocycles. The monoisotopic (exact) mass is 299 g/mol. The topological polar surface area (TPSA) is 38.7 Å². The Morgan fingerprint density at radius 1 is 1.09 bits per heavy atom. The minimum atomic E-state index is -0.279. The summed E-state index contributed by atoms with van der Waals surface area (Å²) in [5, 5.41) is 0. The molecule has 0 saturated carbocycles. The van der Waals surface area contributed by atoms with Crippen LogP contribution >= 0.6 is 0 Å². The molecule has 0 aliphatic rings. The van der Waals surface area contributed by atoms with Crippen LogP contribution in [0.1, 0.15) is 20.8 Å². The van der Waals surface area contributed by atoms with Gasteiger partial charge in [0.2, 0.25) is 0 Å². The van der Waals surface area contributed by atoms with Gasteiger partial charge in [-0.1, -0.05) is 61.3 Å². The molecule has 0 fully saturated rings. The smallest absolute Gasteiger partial charge is 0.302 e. The largest absolute Gasteiger partial charge is 0.464 e. The fourth-order valence-corrected chi connectivity index (χ4v) is 1.29. The Bertz CT molecular complexity index is 532. The second kappa shape index (κ2) is 12.3. The molecule has 0 atom stereocenters. The highest BCUT2D eigenvalue weighted by atomic mass is 16.5. The van der Waals surface area contributed by atoms with E-state index in [2.05, 4.69) is 18.2 Å². The van der Waals surface area contributed by atoms with E-state index in [4.69, 9.17) is 4.74 Å². The van der Waals surface area contributed by atoms with Gasteiger partial charge in [-0.2, -0.15) is 0 Å². The Morgan fingerprint density at radius 3 is 2.36 bits per heavy atom. The summed E-state index contributed by atoms with van der Waals surface area (Å²) < 4.78 is 4.79. The predicted octanol–water partition coefficient (Wildman–Crippen LogP) is 4.37. The van der Waals surface area contributed by atoms with E-state index in [0.29, 0.717) is 13.2 Å². The molecule has 0 radical (unpaired) electrons. The number of rotatable bonds is 9. The number of hydrogen-bond donors (Lipinski definition) is 0. The first-order valence-corrected chi connectivity index (χ1v) is 7.10. The molecule has 0 heterocycles. The molecule has 0 aromatic carbocycles. The Kier molecular flexibility index (Phi) is 11.0. The summed E-state index contributed by atoms with van der Waals surface area (Å²) in [6, 6.07) is 0. The van der Waals surface area contributed by atoms with Gasteiger partial charge in [0.05, 0.1) is 6.54 Å². The highest BCUT2D eigenvalue weighted by Crippen LogP contribution is 2.00. The molecule has 0 amide bonds. The van der Waals surface area contributed by atoms with Gasteiger partial charge >= 0.3 is 5.97 Å². The zero-order valence-electron chi connectivity index (χ0n) is 13.7. The molecule has 0 rings (SSSR count). The maximum atomic E-state index is 10.6. The van der Waals surface area contributed by atoms with E-state index in [1.165, 1.54) is 6.92 Å². The summed E-state index contributed by atoms with van der Waals surface area (Å²) in [5.74, 6) is -0.279. The van der Waals surface area contributed by atoms with Crippen molar-refractivity contribution in [1.29, 1.82) is 0 Å². The van der Waals surface area contributed by atoms with Crippen molar-refractivity contribution in [3.63, 3.8) is 0 Å². The maximum absolute atomic E-state index is 10.6. The standard InChI is InChI=1S/C19H25NO2/c1-6-16(2)9-7-10-17(3)11-8-12-18(4)15-20-13-14-22-19(5)21/h6-12,15H,1-2,13-14H2,3-5H3/b9-7+,11-8+,17-10+,18-12+,20-15+. The van der Waals surface area contributed by atoms with Crippen LogP contribution in [0.2, 0.25) is 0 Å². The first-order chi connectivity index (χ1) is 10.5. The molecule has 0 aromatic rings. The summed E-state index contributed by atoms with van der Waals surface area (Å²) in [7, 11) is 0. The summed E-state index contributed by atoms with van der Waals surface area (Å²) in [6.45, 7) is 13.6. The third kappa shape index (κ3) is 12.6. The minimum absolute atomic E-state index is 0.279. The number of esters is 1. The number of carbonyl (C=O) groups is 1. The number of aliphatic imine (C=N–C) groups is 1. The quantitative estimate of drug-likeness (QED) is 0.274. The lowest BCUT2D eigenvalue weighted by Gasteiger charge is -1.96. The van der Waals surface area contributed by atoms with E-state index in [0.717, 1.165) is 16.7 Å². The zero-order valence-corrected chi connectivity index (χ0v) is 13.7. The predicted molar refractivity (Wildman–Crippen MR) is 95.1 cm³/mol. The molecule has 0 unspecified atom stereocenters. The van der Waals surface area contributed by atoms with Crippen LogP contribution in [-0.2, 0) is 9.53 Å². The van der Waals surface area contributed by atoms with Crippen LogP contribution in [0.5, 0.6) is 0 Å². The Balaban J connectivity index is 4.26. The van der Waals surface area contributed by atoms with Gasteiger partial charge in [-0.25, -0.2) is 0 Å². The maximum Gasteiger partial charge on any atom is 0.302 e. The number of carbonyl (C=O) groups excluding carboxylic acids is 1. The average molecular weight is 299 g/mol. The fourth-order valence-electron chi connectivity index (χ4n) is 1.29. The van der Waals surface area contributed by atoms with Crippen molar-refractivity contribution in [2.75, 3.05) is 13.2 Å². The van der Waals surface area contributed by atoms with Gasteiger partial charge in [0.15, 0.2) is 0 Å². The summed E-state index contributed by atoms with van der Waals surface area (Å²) in [4.78, 5) is 14.7. The van der Waals surface area contributed by atoms with Crippen LogP contribution in [0.15, 0.2) is 77.4 Å². The lowest BCUT2D eigenvalue weighted by molar-refractivity contribution is -0.140. The van der Waals surface area contributed by atoms with Crippen LogP contribution in [0, 0.1) is 0 Å². The molecule has 118 valence electrons. The highest BCUT2D eigenvalue weighted by Gasteiger charge is 1.89. The molecular formula is C19H25NO2. The first-order valence-electron chi connectivity index (χ1n) is 7.10. The van der Waals surface area contributed by atoms with E-state index in [1.54, 1.807) is 12.3 Å². The van der Waals surface area contributed by atoms with Crippen molar-refractivity contribution < 1.29 is 9.53 Å². The summed E-state index contributed by atoms with van der Waals surface area (Å²) in [5.41, 5.74) is 3.04. The molecule has 0 aliphatic heterocycles. The van der Waals surface area contributed by atoms with Gasteiger partial charge in [-0.3, -0.25) is 9.79 Å². The number of hydrogen-bond acceptors (Lipinski definition) is 3. The van der Waals surface area contributed by atoms with Crippen LogP contribution < -0.4 is 0 Å². The van der Waals surface area contributed by atoms with Gasteiger partial charge in [-0.05, 0) is 25.0 Å².